The van der Waals surface area contributed by atoms with E-state index in [1.807, 2.05) is 53.4 Å². The average Bonchev–Trinajstić information content (AvgIpc) is 2.87. The Hall–Kier alpha value is -4.08. The number of aromatic nitrogens is 3. The molecule has 0 aliphatic carbocycles. The summed E-state index contributed by atoms with van der Waals surface area (Å²) in [4.78, 5) is 27.1. The van der Waals surface area contributed by atoms with Gasteiger partial charge in [0, 0.05) is 11.2 Å². The monoisotopic (exact) mass is 509 g/mol. The number of hydrazine groups is 1. The van der Waals surface area contributed by atoms with Gasteiger partial charge in [0.2, 0.25) is 0 Å². The van der Waals surface area contributed by atoms with Crippen LogP contribution in [0.4, 0.5) is 23.1 Å². The standard InChI is InChI=1S/C24H21Cl2N7O2/c25-17-9-10-19(18(26)12-17)35-14-21(34)31-32-23-22(27)24(30-15-29-23)33(20-8-4-5-11-28-20)13-16-6-2-1-3-7-16/h1-12,15H,13-14,27H2,(H,31,34)(H,29,30,32). The van der Waals surface area contributed by atoms with Crippen LogP contribution in [0.25, 0.3) is 0 Å². The highest BCUT2D eigenvalue weighted by molar-refractivity contribution is 6.35. The first-order valence-electron chi connectivity index (χ1n) is 10.5. The van der Waals surface area contributed by atoms with Crippen LogP contribution in [0.15, 0.2) is 79.3 Å². The van der Waals surface area contributed by atoms with Crippen molar-refractivity contribution in [2.45, 2.75) is 6.54 Å². The van der Waals surface area contributed by atoms with Crippen molar-refractivity contribution >= 4 is 52.3 Å². The topological polar surface area (TPSA) is 118 Å². The highest BCUT2D eigenvalue weighted by atomic mass is 35.5. The number of rotatable bonds is 9. The van der Waals surface area contributed by atoms with Crippen LogP contribution >= 0.6 is 23.2 Å². The highest BCUT2D eigenvalue weighted by Crippen LogP contribution is 2.32. The smallest absolute Gasteiger partial charge is 0.276 e. The zero-order chi connectivity index (χ0) is 24.6. The molecule has 4 N–H and O–H groups in total. The molecule has 0 fully saturated rings. The van der Waals surface area contributed by atoms with Crippen LogP contribution in [0.5, 0.6) is 5.75 Å². The third-order valence-corrected chi connectivity index (χ3v) is 5.33. The lowest BCUT2D eigenvalue weighted by molar-refractivity contribution is -0.122. The summed E-state index contributed by atoms with van der Waals surface area (Å²) in [5.41, 5.74) is 12.9. The van der Waals surface area contributed by atoms with E-state index in [2.05, 4.69) is 25.8 Å². The molecule has 4 aromatic rings. The summed E-state index contributed by atoms with van der Waals surface area (Å²) < 4.78 is 5.44. The van der Waals surface area contributed by atoms with Crippen LogP contribution in [0.1, 0.15) is 5.56 Å². The Morgan fingerprint density at radius 1 is 1.00 bits per heavy atom. The van der Waals surface area contributed by atoms with Crippen molar-refractivity contribution < 1.29 is 9.53 Å². The van der Waals surface area contributed by atoms with Gasteiger partial charge in [-0.15, -0.1) is 0 Å². The number of anilines is 4. The third-order valence-electron chi connectivity index (χ3n) is 4.80. The SMILES string of the molecule is Nc1c(NNC(=O)COc2ccc(Cl)cc2Cl)ncnc1N(Cc1ccccc1)c1ccccn1. The molecule has 0 radical (unpaired) electrons. The van der Waals surface area contributed by atoms with Crippen LogP contribution in [0.2, 0.25) is 10.0 Å². The molecule has 0 aliphatic heterocycles. The number of halogens is 2. The lowest BCUT2D eigenvalue weighted by Gasteiger charge is -2.24. The largest absolute Gasteiger partial charge is 0.482 e. The number of pyridine rings is 1. The highest BCUT2D eigenvalue weighted by Gasteiger charge is 2.19. The summed E-state index contributed by atoms with van der Waals surface area (Å²) in [5.74, 6) is 1.18. The molecule has 0 aliphatic rings. The minimum atomic E-state index is -0.471. The summed E-state index contributed by atoms with van der Waals surface area (Å²) in [7, 11) is 0. The van der Waals surface area contributed by atoms with Crippen molar-refractivity contribution in [3.8, 4) is 5.75 Å². The van der Waals surface area contributed by atoms with Gasteiger partial charge < -0.3 is 15.4 Å². The van der Waals surface area contributed by atoms with E-state index in [9.17, 15) is 4.79 Å². The van der Waals surface area contributed by atoms with Gasteiger partial charge >= 0.3 is 0 Å². The first kappa shape index (κ1) is 24.1. The maximum atomic E-state index is 12.3. The normalized spacial score (nSPS) is 10.5. The van der Waals surface area contributed by atoms with Crippen molar-refractivity contribution in [1.29, 1.82) is 0 Å². The molecule has 0 spiro atoms. The minimum absolute atomic E-state index is 0.224. The summed E-state index contributed by atoms with van der Waals surface area (Å²) in [6.07, 6.45) is 3.04. The zero-order valence-corrected chi connectivity index (χ0v) is 19.9. The Labute approximate surface area is 211 Å². The molecule has 9 nitrogen and oxygen atoms in total. The molecule has 0 unspecified atom stereocenters. The molecule has 4 rings (SSSR count). The van der Waals surface area contributed by atoms with Gasteiger partial charge in [-0.25, -0.2) is 15.0 Å². The molecule has 2 aromatic heterocycles. The second-order valence-electron chi connectivity index (χ2n) is 7.26. The van der Waals surface area contributed by atoms with Crippen LogP contribution < -0.4 is 26.2 Å². The first-order chi connectivity index (χ1) is 17.0. The van der Waals surface area contributed by atoms with Crippen LogP contribution in [0.3, 0.4) is 0 Å². The fraction of sp³-hybridized carbons (Fsp3) is 0.0833. The van der Waals surface area contributed by atoms with Gasteiger partial charge in [-0.3, -0.25) is 15.6 Å². The van der Waals surface area contributed by atoms with Gasteiger partial charge in [0.15, 0.2) is 18.2 Å². The number of hydrogen-bond acceptors (Lipinski definition) is 8. The number of nitrogen functional groups attached to an aromatic ring is 1. The Bertz CT molecular complexity index is 1290. The molecule has 35 heavy (non-hydrogen) atoms. The third kappa shape index (κ3) is 6.28. The summed E-state index contributed by atoms with van der Waals surface area (Å²) >= 11 is 11.9. The van der Waals surface area contributed by atoms with Gasteiger partial charge in [0.05, 0.1) is 11.6 Å². The molecule has 11 heteroatoms. The molecular formula is C24H21Cl2N7O2. The summed E-state index contributed by atoms with van der Waals surface area (Å²) in [6, 6.07) is 20.2. The predicted molar refractivity (Wildman–Crippen MR) is 137 cm³/mol. The molecule has 178 valence electrons. The quantitative estimate of drug-likeness (QED) is 0.279. The first-order valence-corrected chi connectivity index (χ1v) is 11.2. The van der Waals surface area contributed by atoms with Gasteiger partial charge in [-0.05, 0) is 35.9 Å². The van der Waals surface area contributed by atoms with Crippen molar-refractivity contribution in [3.05, 3.63) is 94.9 Å². The molecular weight excluding hydrogens is 489 g/mol. The molecule has 2 aromatic carbocycles. The Kier molecular flexibility index (Phi) is 7.81. The molecule has 0 atom stereocenters. The van der Waals surface area contributed by atoms with Crippen molar-refractivity contribution in [2.24, 2.45) is 0 Å². The van der Waals surface area contributed by atoms with Crippen molar-refractivity contribution in [1.82, 2.24) is 20.4 Å². The lowest BCUT2D eigenvalue weighted by Crippen LogP contribution is -2.34. The number of nitrogens with two attached hydrogens (primary N) is 1. The molecule has 0 saturated heterocycles. The van der Waals surface area contributed by atoms with Gasteiger partial charge in [0.25, 0.3) is 5.91 Å². The van der Waals surface area contributed by atoms with E-state index in [4.69, 9.17) is 33.7 Å². The fourth-order valence-corrected chi connectivity index (χ4v) is 3.61. The number of nitrogens with zero attached hydrogens (tertiary/aromatic N) is 4. The molecule has 0 saturated carbocycles. The Morgan fingerprint density at radius 2 is 1.80 bits per heavy atom. The average molecular weight is 510 g/mol. The number of carbonyl (C=O) groups is 1. The van der Waals surface area contributed by atoms with E-state index in [0.29, 0.717) is 34.0 Å². The summed E-state index contributed by atoms with van der Waals surface area (Å²) in [5, 5.41) is 0.770. The number of amides is 1. The maximum Gasteiger partial charge on any atom is 0.276 e. The fourth-order valence-electron chi connectivity index (χ4n) is 3.15. The minimum Gasteiger partial charge on any atom is -0.482 e. The lowest BCUT2D eigenvalue weighted by atomic mass is 10.2. The summed E-state index contributed by atoms with van der Waals surface area (Å²) in [6.45, 7) is 0.181. The molecule has 0 bridgehead atoms. The zero-order valence-electron chi connectivity index (χ0n) is 18.4. The maximum absolute atomic E-state index is 12.3. The second-order valence-corrected chi connectivity index (χ2v) is 8.10. The van der Waals surface area contributed by atoms with E-state index in [1.165, 1.54) is 12.4 Å². The number of benzene rings is 2. The van der Waals surface area contributed by atoms with E-state index < -0.39 is 5.91 Å². The predicted octanol–water partition coefficient (Wildman–Crippen LogP) is 4.62. The Morgan fingerprint density at radius 3 is 2.54 bits per heavy atom. The van der Waals surface area contributed by atoms with Crippen LogP contribution in [0, 0.1) is 0 Å². The van der Waals surface area contributed by atoms with E-state index in [0.717, 1.165) is 5.56 Å². The Balaban J connectivity index is 1.47. The van der Waals surface area contributed by atoms with Gasteiger partial charge in [-0.2, -0.15) is 0 Å². The second kappa shape index (κ2) is 11.4. The van der Waals surface area contributed by atoms with Gasteiger partial charge in [0.1, 0.15) is 23.6 Å². The van der Waals surface area contributed by atoms with E-state index in [1.54, 1.807) is 18.3 Å². The number of nitrogens with one attached hydrogen (secondary N) is 2. The van der Waals surface area contributed by atoms with Crippen molar-refractivity contribution in [3.63, 3.8) is 0 Å². The molecule has 1 amide bonds. The van der Waals surface area contributed by atoms with E-state index >= 15 is 0 Å². The molecule has 2 heterocycles. The van der Waals surface area contributed by atoms with Crippen LogP contribution in [-0.2, 0) is 11.3 Å². The van der Waals surface area contributed by atoms with Crippen LogP contribution in [-0.4, -0.2) is 27.5 Å². The van der Waals surface area contributed by atoms with Gasteiger partial charge in [-0.1, -0.05) is 59.6 Å². The van der Waals surface area contributed by atoms with E-state index in [-0.39, 0.29) is 18.1 Å². The number of carbonyl (C=O) groups excluding carboxylic acids is 1. The number of hydrogen-bond donors (Lipinski definition) is 3. The number of ether oxygens (including phenoxy) is 1. The van der Waals surface area contributed by atoms with Crippen molar-refractivity contribution in [2.75, 3.05) is 22.7 Å².